The molecule has 0 unspecified atom stereocenters. The highest BCUT2D eigenvalue weighted by molar-refractivity contribution is 14.1. The van der Waals surface area contributed by atoms with E-state index in [1.165, 1.54) is 23.0 Å². The van der Waals surface area contributed by atoms with Gasteiger partial charge in [0, 0.05) is 20.5 Å². The predicted octanol–water partition coefficient (Wildman–Crippen LogP) is 5.85. The monoisotopic (exact) mass is 732 g/mol. The van der Waals surface area contributed by atoms with Gasteiger partial charge >= 0.3 is 5.97 Å². The SMILES string of the molecule is [N-]=[N+]=N[C@]1(CI)O[C@@H](n2cnc3c(N(C(=O)c4ccccc4)C(=O)c4ccccc4)ncnc32)[C@H](OC(=O)c2ccccc2)[C@@H]1F. The number of ether oxygens (including phenoxy) is 2. The fourth-order valence-electron chi connectivity index (χ4n) is 5.02. The Morgan fingerprint density at radius 1 is 0.935 bits per heavy atom. The van der Waals surface area contributed by atoms with Crippen LogP contribution in [0.15, 0.2) is 109 Å². The number of benzene rings is 3. The maximum Gasteiger partial charge on any atom is 0.338 e. The highest BCUT2D eigenvalue weighted by Crippen LogP contribution is 2.44. The Hall–Kier alpha value is -5.25. The second kappa shape index (κ2) is 13.0. The molecule has 0 N–H and O–H groups in total. The summed E-state index contributed by atoms with van der Waals surface area (Å²) in [5, 5.41) is 3.60. The molecule has 3 heterocycles. The lowest BCUT2D eigenvalue weighted by Crippen LogP contribution is -2.41. The van der Waals surface area contributed by atoms with Crippen molar-refractivity contribution in [3.05, 3.63) is 131 Å². The molecule has 1 fully saturated rings. The summed E-state index contributed by atoms with van der Waals surface area (Å²) in [5.74, 6) is -2.33. The van der Waals surface area contributed by atoms with E-state index in [-0.39, 0.29) is 38.1 Å². The number of imidazole rings is 1. The molecule has 5 aromatic rings. The zero-order valence-corrected chi connectivity index (χ0v) is 25.8. The van der Waals surface area contributed by atoms with Crippen LogP contribution in [0.25, 0.3) is 21.6 Å². The lowest BCUT2D eigenvalue weighted by Gasteiger charge is -2.22. The molecular formula is C31H22FIN8O5. The van der Waals surface area contributed by atoms with Gasteiger partial charge in [-0.3, -0.25) is 14.2 Å². The number of amides is 2. The number of halogens is 2. The van der Waals surface area contributed by atoms with Crippen molar-refractivity contribution in [2.75, 3.05) is 9.33 Å². The molecule has 4 atom stereocenters. The fraction of sp³-hybridized carbons (Fsp3) is 0.161. The van der Waals surface area contributed by atoms with Crippen LogP contribution in [0.2, 0.25) is 0 Å². The van der Waals surface area contributed by atoms with Crippen LogP contribution in [0.1, 0.15) is 37.3 Å². The van der Waals surface area contributed by atoms with Crippen LogP contribution in [0, 0.1) is 0 Å². The second-order valence-electron chi connectivity index (χ2n) is 10.0. The number of alkyl halides is 2. The smallest absolute Gasteiger partial charge is 0.338 e. The third-order valence-corrected chi connectivity index (χ3v) is 8.35. The fourth-order valence-corrected chi connectivity index (χ4v) is 5.77. The lowest BCUT2D eigenvalue weighted by atomic mass is 10.1. The largest absolute Gasteiger partial charge is 0.451 e. The van der Waals surface area contributed by atoms with E-state index in [2.05, 4.69) is 25.0 Å². The number of hydrogen-bond acceptors (Lipinski definition) is 9. The number of carbonyl (C=O) groups is 3. The Bertz CT molecular complexity index is 1910. The standard InChI is InChI=1S/C31H22FIN8O5/c32-24-23(45-30(44)21-14-8-3-9-15-21)29(46-31(24,16-33)38-39-34)40-18-37-22-25(40)35-17-36-26(22)41(27(42)19-10-4-1-5-11-19)28(43)20-12-6-2-7-13-20/h1-15,17-18,23-24,29H,16H2/t23-,24+,29-,31-/m1/s1. The van der Waals surface area contributed by atoms with Crippen LogP contribution in [-0.4, -0.2) is 59.7 Å². The summed E-state index contributed by atoms with van der Waals surface area (Å²) in [6.45, 7) is 0. The number of carbonyl (C=O) groups excluding carboxylic acids is 3. The van der Waals surface area contributed by atoms with E-state index in [1.807, 2.05) is 22.6 Å². The molecule has 3 aromatic carbocycles. The molecule has 1 saturated heterocycles. The van der Waals surface area contributed by atoms with Crippen molar-refractivity contribution in [1.29, 1.82) is 0 Å². The Morgan fingerprint density at radius 3 is 2.04 bits per heavy atom. The molecule has 1 aliphatic heterocycles. The normalized spacial score (nSPS) is 20.5. The maximum absolute atomic E-state index is 16.2. The van der Waals surface area contributed by atoms with E-state index < -0.39 is 42.0 Å². The van der Waals surface area contributed by atoms with Gasteiger partial charge in [-0.2, -0.15) is 0 Å². The third kappa shape index (κ3) is 5.55. The number of fused-ring (bicyclic) bond motifs is 1. The number of azide groups is 1. The summed E-state index contributed by atoms with van der Waals surface area (Å²) in [4.78, 5) is 57.4. The first-order valence-corrected chi connectivity index (χ1v) is 15.3. The highest BCUT2D eigenvalue weighted by Gasteiger charge is 2.58. The first-order chi connectivity index (χ1) is 22.4. The maximum atomic E-state index is 16.2. The molecule has 0 bridgehead atoms. The molecule has 1 aliphatic rings. The second-order valence-corrected chi connectivity index (χ2v) is 10.8. The van der Waals surface area contributed by atoms with Gasteiger partial charge in [0.05, 0.1) is 11.9 Å². The number of anilines is 1. The molecule has 2 amide bonds. The van der Waals surface area contributed by atoms with Crippen LogP contribution < -0.4 is 4.90 Å². The van der Waals surface area contributed by atoms with E-state index in [9.17, 15) is 19.9 Å². The molecule has 2 aromatic heterocycles. The summed E-state index contributed by atoms with van der Waals surface area (Å²) in [5.41, 5.74) is 7.84. The van der Waals surface area contributed by atoms with Gasteiger partial charge in [-0.05, 0) is 41.9 Å². The van der Waals surface area contributed by atoms with Gasteiger partial charge in [0.1, 0.15) is 6.33 Å². The molecule has 0 aliphatic carbocycles. The van der Waals surface area contributed by atoms with Crippen LogP contribution >= 0.6 is 22.6 Å². The van der Waals surface area contributed by atoms with Crippen molar-refractivity contribution < 1.29 is 28.2 Å². The van der Waals surface area contributed by atoms with E-state index in [0.717, 1.165) is 11.2 Å². The molecule has 0 spiro atoms. The van der Waals surface area contributed by atoms with Gasteiger partial charge in [-0.25, -0.2) is 29.0 Å². The topological polar surface area (TPSA) is 165 Å². The molecule has 15 heteroatoms. The van der Waals surface area contributed by atoms with Gasteiger partial charge in [0.25, 0.3) is 11.8 Å². The number of esters is 1. The zero-order chi connectivity index (χ0) is 32.3. The zero-order valence-electron chi connectivity index (χ0n) is 23.6. The quantitative estimate of drug-likeness (QED) is 0.0365. The van der Waals surface area contributed by atoms with Crippen LogP contribution in [0.5, 0.6) is 0 Å². The van der Waals surface area contributed by atoms with E-state index in [4.69, 9.17) is 9.47 Å². The molecule has 13 nitrogen and oxygen atoms in total. The molecule has 6 rings (SSSR count). The first-order valence-electron chi connectivity index (χ1n) is 13.7. The van der Waals surface area contributed by atoms with Gasteiger partial charge in [0.2, 0.25) is 0 Å². The summed E-state index contributed by atoms with van der Waals surface area (Å²) in [6.07, 6.45) is -2.77. The van der Waals surface area contributed by atoms with Crippen molar-refractivity contribution in [3.8, 4) is 0 Å². The van der Waals surface area contributed by atoms with Crippen molar-refractivity contribution in [2.24, 2.45) is 5.11 Å². The van der Waals surface area contributed by atoms with Crippen molar-refractivity contribution >= 4 is 57.4 Å². The van der Waals surface area contributed by atoms with Gasteiger partial charge in [-0.1, -0.05) is 82.3 Å². The average molecular weight is 732 g/mol. The van der Waals surface area contributed by atoms with Gasteiger partial charge in [0.15, 0.2) is 41.2 Å². The van der Waals surface area contributed by atoms with Crippen LogP contribution in [0.4, 0.5) is 10.2 Å². The van der Waals surface area contributed by atoms with E-state index >= 15 is 4.39 Å². The lowest BCUT2D eigenvalue weighted by molar-refractivity contribution is -0.0787. The minimum absolute atomic E-state index is 0.000959. The van der Waals surface area contributed by atoms with Crippen LogP contribution in [0.3, 0.4) is 0 Å². The Kier molecular flexibility index (Phi) is 8.70. The molecule has 0 radical (unpaired) electrons. The summed E-state index contributed by atoms with van der Waals surface area (Å²) >= 11 is 1.82. The number of aromatic nitrogens is 4. The molecule has 230 valence electrons. The minimum Gasteiger partial charge on any atom is -0.451 e. The van der Waals surface area contributed by atoms with Crippen molar-refractivity contribution in [3.63, 3.8) is 0 Å². The summed E-state index contributed by atoms with van der Waals surface area (Å²) in [7, 11) is 0. The molecule has 0 saturated carbocycles. The number of hydrogen-bond donors (Lipinski definition) is 0. The Labute approximate surface area is 273 Å². The van der Waals surface area contributed by atoms with Crippen molar-refractivity contribution in [2.45, 2.75) is 24.2 Å². The summed E-state index contributed by atoms with van der Waals surface area (Å²) in [6, 6.07) is 24.3. The average Bonchev–Trinajstić information content (AvgIpc) is 3.65. The highest BCUT2D eigenvalue weighted by atomic mass is 127. The van der Waals surface area contributed by atoms with Gasteiger partial charge in [-0.15, -0.1) is 0 Å². The number of imide groups is 1. The number of rotatable bonds is 8. The first kappa shape index (κ1) is 30.8. The molecular weight excluding hydrogens is 710 g/mol. The van der Waals surface area contributed by atoms with Crippen molar-refractivity contribution in [1.82, 2.24) is 19.5 Å². The molecule has 46 heavy (non-hydrogen) atoms. The van der Waals surface area contributed by atoms with E-state index in [1.54, 1.807) is 78.9 Å². The van der Waals surface area contributed by atoms with Gasteiger partial charge < -0.3 is 9.47 Å². The Morgan fingerprint density at radius 2 is 1.50 bits per heavy atom. The van der Waals surface area contributed by atoms with Crippen LogP contribution in [-0.2, 0) is 9.47 Å². The third-order valence-electron chi connectivity index (χ3n) is 7.26. The van der Waals surface area contributed by atoms with E-state index in [0.29, 0.717) is 0 Å². The predicted molar refractivity (Wildman–Crippen MR) is 171 cm³/mol. The Balaban J connectivity index is 1.46. The minimum atomic E-state index is -2.09. The number of nitrogens with zero attached hydrogens (tertiary/aromatic N) is 8. The summed E-state index contributed by atoms with van der Waals surface area (Å²) < 4.78 is 29.0.